The van der Waals surface area contributed by atoms with Gasteiger partial charge in [-0.05, 0) is 48.6 Å². The average molecular weight is 333 g/mol. The highest BCUT2D eigenvalue weighted by molar-refractivity contribution is 6.21. The van der Waals surface area contributed by atoms with Gasteiger partial charge in [0.05, 0.1) is 11.4 Å². The molecule has 1 unspecified atom stereocenters. The lowest BCUT2D eigenvalue weighted by atomic mass is 9.95. The van der Waals surface area contributed by atoms with E-state index in [2.05, 4.69) is 25.1 Å². The molecule has 1 aliphatic rings. The molecule has 2 aromatic carbocycles. The largest absolute Gasteiger partial charge is 0.881 e. The molecular weight excluding hydrogens is 315 g/mol. The number of para-hydroxylation sites is 3. The molecule has 1 aromatic heterocycles. The first-order valence-corrected chi connectivity index (χ1v) is 9.13. The van der Waals surface area contributed by atoms with Crippen molar-refractivity contribution < 1.29 is 7.58 Å². The van der Waals surface area contributed by atoms with E-state index in [1.165, 1.54) is 5.56 Å². The number of fused-ring (bicyclic) bond motifs is 5. The number of aromatic nitrogens is 2. The summed E-state index contributed by atoms with van der Waals surface area (Å²) in [7, 11) is 0. The molecule has 2 bridgehead atoms. The van der Waals surface area contributed by atoms with Gasteiger partial charge in [0.1, 0.15) is 11.4 Å². The third-order valence-corrected chi connectivity index (χ3v) is 5.09. The second-order valence-electron chi connectivity index (χ2n) is 6.03. The molecule has 1 radical (unpaired) electrons. The molecule has 0 saturated heterocycles. The van der Waals surface area contributed by atoms with Crippen molar-refractivity contribution in [3.05, 3.63) is 72.1 Å². The van der Waals surface area contributed by atoms with Crippen LogP contribution in [0.3, 0.4) is 0 Å². The fourth-order valence-electron chi connectivity index (χ4n) is 3.02. The highest BCUT2D eigenvalue weighted by atomic mass is 27.2. The van der Waals surface area contributed by atoms with Crippen molar-refractivity contribution in [3.8, 4) is 17.2 Å². The minimum atomic E-state index is -0.638. The molecule has 0 fully saturated rings. The van der Waals surface area contributed by atoms with Crippen LogP contribution in [0.15, 0.2) is 60.8 Å². The van der Waals surface area contributed by atoms with Crippen LogP contribution < -0.4 is 7.58 Å². The van der Waals surface area contributed by atoms with Crippen LogP contribution in [0.5, 0.6) is 11.5 Å². The Labute approximate surface area is 148 Å². The second kappa shape index (κ2) is 6.72. The normalized spacial score (nSPS) is 16.8. The van der Waals surface area contributed by atoms with Crippen LogP contribution in [0.25, 0.3) is 5.69 Å². The van der Waals surface area contributed by atoms with Crippen LogP contribution in [0, 0.1) is 0 Å². The van der Waals surface area contributed by atoms with E-state index >= 15 is 0 Å². The topological polar surface area (TPSA) is 36.3 Å². The Hall–Kier alpha value is -2.22. The van der Waals surface area contributed by atoms with E-state index in [1.807, 2.05) is 47.3 Å². The minimum absolute atomic E-state index is 0.411. The summed E-state index contributed by atoms with van der Waals surface area (Å²) < 4.78 is 13.8. The van der Waals surface area contributed by atoms with E-state index in [4.69, 9.17) is 12.7 Å². The van der Waals surface area contributed by atoms with Crippen molar-refractivity contribution in [2.45, 2.75) is 25.7 Å². The lowest BCUT2D eigenvalue weighted by Gasteiger charge is -2.17. The second-order valence-corrected chi connectivity index (χ2v) is 6.69. The molecule has 1 atom stereocenters. The Kier molecular flexibility index (Phi) is 4.29. The molecule has 0 saturated carbocycles. The molecular formula is C19H18AlN2O2. The van der Waals surface area contributed by atoms with Gasteiger partial charge >= 0.3 is 15.9 Å². The van der Waals surface area contributed by atoms with Crippen molar-refractivity contribution in [1.82, 2.24) is 9.78 Å². The highest BCUT2D eigenvalue weighted by Gasteiger charge is 2.17. The molecule has 5 heteroatoms. The van der Waals surface area contributed by atoms with Crippen LogP contribution in [-0.2, 0) is 6.42 Å². The van der Waals surface area contributed by atoms with Crippen LogP contribution in [0.4, 0.5) is 0 Å². The SMILES string of the molecule is CC1CCc2ccn(n2)-c2ccccc2[O][Al][O]c2ccccc21. The molecule has 1 aliphatic heterocycles. The smallest absolute Gasteiger partial charge is 0.616 e. The zero-order valence-electron chi connectivity index (χ0n) is 13.6. The number of nitrogens with zero attached hydrogens (tertiary/aromatic N) is 2. The summed E-state index contributed by atoms with van der Waals surface area (Å²) in [4.78, 5) is 0. The number of hydrogen-bond donors (Lipinski definition) is 0. The quantitative estimate of drug-likeness (QED) is 0.585. The summed E-state index contributed by atoms with van der Waals surface area (Å²) in [6, 6.07) is 18.3. The number of aryl methyl sites for hydroxylation is 1. The predicted molar refractivity (Wildman–Crippen MR) is 93.8 cm³/mol. The van der Waals surface area contributed by atoms with E-state index in [0.717, 1.165) is 35.7 Å². The van der Waals surface area contributed by atoms with Gasteiger partial charge in [0.2, 0.25) is 0 Å². The zero-order valence-corrected chi connectivity index (χ0v) is 14.7. The Morgan fingerprint density at radius 1 is 1.00 bits per heavy atom. The first kappa shape index (κ1) is 15.3. The van der Waals surface area contributed by atoms with E-state index in [1.54, 1.807) is 0 Å². The summed E-state index contributed by atoms with van der Waals surface area (Å²) in [5.41, 5.74) is 3.28. The van der Waals surface area contributed by atoms with Gasteiger partial charge in [0.25, 0.3) is 0 Å². The Morgan fingerprint density at radius 2 is 1.75 bits per heavy atom. The van der Waals surface area contributed by atoms with Crippen LogP contribution in [-0.4, -0.2) is 25.7 Å². The summed E-state index contributed by atoms with van der Waals surface area (Å²) in [6.07, 6.45) is 3.98. The molecule has 24 heavy (non-hydrogen) atoms. The van der Waals surface area contributed by atoms with Crippen molar-refractivity contribution in [1.29, 1.82) is 0 Å². The van der Waals surface area contributed by atoms with Gasteiger partial charge < -0.3 is 7.58 Å². The summed E-state index contributed by atoms with van der Waals surface area (Å²) >= 11 is -0.638. The standard InChI is InChI=1S/C19H20N2O2.Al/c1-14(16-6-2-4-8-18(16)22)10-11-15-12-13-21(20-15)17-7-3-5-9-19(17)23;/h2-9,12-14,22-23H,10-11H2,1H3;/q;+2/p-2. The van der Waals surface area contributed by atoms with Gasteiger partial charge in [-0.25, -0.2) is 4.68 Å². The zero-order chi connectivity index (χ0) is 16.4. The van der Waals surface area contributed by atoms with Gasteiger partial charge in [0.15, 0.2) is 0 Å². The maximum absolute atomic E-state index is 6.00. The monoisotopic (exact) mass is 333 g/mol. The van der Waals surface area contributed by atoms with Crippen molar-refractivity contribution in [3.63, 3.8) is 0 Å². The lowest BCUT2D eigenvalue weighted by Crippen LogP contribution is -2.14. The molecule has 119 valence electrons. The van der Waals surface area contributed by atoms with Gasteiger partial charge in [-0.1, -0.05) is 37.3 Å². The van der Waals surface area contributed by atoms with E-state index < -0.39 is 15.9 Å². The van der Waals surface area contributed by atoms with Crippen LogP contribution in [0.1, 0.15) is 30.5 Å². The molecule has 4 rings (SSSR count). The third-order valence-electron chi connectivity index (χ3n) is 4.39. The van der Waals surface area contributed by atoms with E-state index in [0.29, 0.717) is 5.92 Å². The fourth-order valence-corrected chi connectivity index (χ4v) is 3.69. The van der Waals surface area contributed by atoms with Crippen molar-refractivity contribution in [2.24, 2.45) is 0 Å². The Morgan fingerprint density at radius 3 is 2.67 bits per heavy atom. The highest BCUT2D eigenvalue weighted by Crippen LogP contribution is 2.30. The lowest BCUT2D eigenvalue weighted by molar-refractivity contribution is 0.451. The number of hydrogen-bond acceptors (Lipinski definition) is 3. The first-order chi connectivity index (χ1) is 11.8. The Bertz CT molecular complexity index is 847. The molecule has 2 heterocycles. The number of benzene rings is 2. The third kappa shape index (κ3) is 3.06. The average Bonchev–Trinajstić information content (AvgIpc) is 3.09. The van der Waals surface area contributed by atoms with Crippen molar-refractivity contribution in [2.75, 3.05) is 0 Å². The molecule has 0 spiro atoms. The summed E-state index contributed by atoms with van der Waals surface area (Å²) in [5, 5.41) is 4.71. The van der Waals surface area contributed by atoms with E-state index in [-0.39, 0.29) is 0 Å². The number of rotatable bonds is 0. The molecule has 4 nitrogen and oxygen atoms in total. The van der Waals surface area contributed by atoms with Gasteiger partial charge in [-0.15, -0.1) is 0 Å². The van der Waals surface area contributed by atoms with Gasteiger partial charge in [-0.2, -0.15) is 5.10 Å². The maximum atomic E-state index is 6.00. The first-order valence-electron chi connectivity index (χ1n) is 8.19. The predicted octanol–water partition coefficient (Wildman–Crippen LogP) is 3.91. The molecule has 3 aromatic rings. The fraction of sp³-hybridized carbons (Fsp3) is 0.211. The minimum Gasteiger partial charge on any atom is -0.616 e. The summed E-state index contributed by atoms with van der Waals surface area (Å²) in [6.45, 7) is 2.24. The molecule has 0 amide bonds. The molecule has 0 aliphatic carbocycles. The van der Waals surface area contributed by atoms with Crippen LogP contribution >= 0.6 is 0 Å². The van der Waals surface area contributed by atoms with Crippen molar-refractivity contribution >= 4 is 15.9 Å². The van der Waals surface area contributed by atoms with Gasteiger partial charge in [0, 0.05) is 6.20 Å². The maximum Gasteiger partial charge on any atom is 0.881 e. The van der Waals surface area contributed by atoms with Gasteiger partial charge in [-0.3, -0.25) is 0 Å². The molecule has 0 N–H and O–H groups in total. The van der Waals surface area contributed by atoms with E-state index in [9.17, 15) is 0 Å². The summed E-state index contributed by atoms with van der Waals surface area (Å²) in [5.74, 6) is 2.14. The van der Waals surface area contributed by atoms with Crippen LogP contribution in [0.2, 0.25) is 0 Å². The Balaban J connectivity index is 1.73.